The lowest BCUT2D eigenvalue weighted by molar-refractivity contribution is -0.143. The third kappa shape index (κ3) is 5.03. The van der Waals surface area contributed by atoms with Crippen LogP contribution < -0.4 is 4.74 Å². The quantitative estimate of drug-likeness (QED) is 0.394. The van der Waals surface area contributed by atoms with E-state index in [1.54, 1.807) is 12.1 Å². The van der Waals surface area contributed by atoms with Crippen LogP contribution in [0.2, 0.25) is 18.1 Å². The van der Waals surface area contributed by atoms with Gasteiger partial charge in [0, 0.05) is 0 Å². The summed E-state index contributed by atoms with van der Waals surface area (Å²) in [6.45, 7) is 12.8. The fourth-order valence-corrected chi connectivity index (χ4v) is 3.30. The number of hydrogen-bond acceptors (Lipinski definition) is 3. The second-order valence-corrected chi connectivity index (χ2v) is 12.7. The predicted molar refractivity (Wildman–Crippen MR) is 104 cm³/mol. The maximum absolute atomic E-state index is 12.9. The van der Waals surface area contributed by atoms with Gasteiger partial charge < -0.3 is 9.16 Å². The van der Waals surface area contributed by atoms with E-state index >= 15 is 0 Å². The van der Waals surface area contributed by atoms with Gasteiger partial charge in [0.1, 0.15) is 5.75 Å². The van der Waals surface area contributed by atoms with E-state index in [-0.39, 0.29) is 11.0 Å². The summed E-state index contributed by atoms with van der Waals surface area (Å²) in [5.74, 6) is 0.156. The average Bonchev–Trinajstić information content (AvgIpc) is 2.53. The molecule has 0 radical (unpaired) electrons. The van der Waals surface area contributed by atoms with Crippen molar-refractivity contribution in [1.82, 2.24) is 0 Å². The number of carbonyl (C=O) groups excluding carboxylic acids is 1. The zero-order valence-electron chi connectivity index (χ0n) is 16.0. The van der Waals surface area contributed by atoms with Gasteiger partial charge in [-0.1, -0.05) is 68.8 Å². The first-order valence-electron chi connectivity index (χ1n) is 8.61. The maximum Gasteiger partial charge on any atom is 0.344 e. The van der Waals surface area contributed by atoms with Crippen LogP contribution in [0.15, 0.2) is 54.6 Å². The SMILES string of the molecule is Cc1ccc(C(O[Si](C)(C)C(C)(C)C)C(=O)Oc2ccccc2)cc1. The minimum atomic E-state index is -2.15. The Morgan fingerprint density at radius 1 is 0.960 bits per heavy atom. The number of benzene rings is 2. The Morgan fingerprint density at radius 2 is 1.52 bits per heavy atom. The third-order valence-corrected chi connectivity index (χ3v) is 9.21. The highest BCUT2D eigenvalue weighted by atomic mass is 28.4. The van der Waals surface area contributed by atoms with Crippen molar-refractivity contribution in [1.29, 1.82) is 0 Å². The lowest BCUT2D eigenvalue weighted by Crippen LogP contribution is -2.43. The van der Waals surface area contributed by atoms with Gasteiger partial charge in [-0.3, -0.25) is 0 Å². The molecule has 2 aromatic rings. The van der Waals surface area contributed by atoms with Crippen LogP contribution in [-0.2, 0) is 9.22 Å². The largest absolute Gasteiger partial charge is 0.424 e. The smallest absolute Gasteiger partial charge is 0.344 e. The first kappa shape index (κ1) is 19.4. The zero-order valence-corrected chi connectivity index (χ0v) is 17.0. The van der Waals surface area contributed by atoms with Gasteiger partial charge in [0.05, 0.1) is 0 Å². The highest BCUT2D eigenvalue weighted by molar-refractivity contribution is 6.74. The van der Waals surface area contributed by atoms with Crippen LogP contribution in [0, 0.1) is 6.92 Å². The molecule has 3 nitrogen and oxygen atoms in total. The van der Waals surface area contributed by atoms with Crippen LogP contribution in [0.25, 0.3) is 0 Å². The monoisotopic (exact) mass is 356 g/mol. The van der Waals surface area contributed by atoms with E-state index in [2.05, 4.69) is 33.9 Å². The lowest BCUT2D eigenvalue weighted by Gasteiger charge is -2.38. The minimum absolute atomic E-state index is 0.00295. The van der Waals surface area contributed by atoms with Crippen LogP contribution in [0.5, 0.6) is 5.75 Å². The molecule has 1 unspecified atom stereocenters. The van der Waals surface area contributed by atoms with E-state index in [1.165, 1.54) is 0 Å². The molecule has 2 rings (SSSR count). The number of ether oxygens (including phenoxy) is 1. The van der Waals surface area contributed by atoms with Crippen LogP contribution in [0.4, 0.5) is 0 Å². The molecule has 0 spiro atoms. The van der Waals surface area contributed by atoms with Crippen molar-refractivity contribution < 1.29 is 14.0 Å². The van der Waals surface area contributed by atoms with E-state index in [9.17, 15) is 4.79 Å². The van der Waals surface area contributed by atoms with Crippen molar-refractivity contribution in [2.45, 2.75) is 51.9 Å². The molecule has 0 heterocycles. The Morgan fingerprint density at radius 3 is 2.04 bits per heavy atom. The van der Waals surface area contributed by atoms with E-state index in [0.29, 0.717) is 5.75 Å². The van der Waals surface area contributed by atoms with Crippen molar-refractivity contribution in [3.63, 3.8) is 0 Å². The first-order valence-corrected chi connectivity index (χ1v) is 11.5. The molecule has 0 N–H and O–H groups in total. The van der Waals surface area contributed by atoms with Gasteiger partial charge in [-0.05, 0) is 42.8 Å². The molecule has 2 aromatic carbocycles. The summed E-state index contributed by atoms with van der Waals surface area (Å²) >= 11 is 0. The molecule has 0 aliphatic rings. The topological polar surface area (TPSA) is 35.5 Å². The summed E-state index contributed by atoms with van der Waals surface area (Å²) in [4.78, 5) is 12.9. The van der Waals surface area contributed by atoms with Gasteiger partial charge in [-0.2, -0.15) is 0 Å². The maximum atomic E-state index is 12.9. The Balaban J connectivity index is 2.31. The van der Waals surface area contributed by atoms with Crippen LogP contribution >= 0.6 is 0 Å². The Kier molecular flexibility index (Phi) is 5.86. The number of hydrogen-bond donors (Lipinski definition) is 0. The molecular weight excluding hydrogens is 328 g/mol. The summed E-state index contributed by atoms with van der Waals surface area (Å²) < 4.78 is 12.0. The van der Waals surface area contributed by atoms with Gasteiger partial charge in [0.25, 0.3) is 0 Å². The van der Waals surface area contributed by atoms with Crippen molar-refractivity contribution in [2.75, 3.05) is 0 Å². The summed E-state index contributed by atoms with van der Waals surface area (Å²) in [5.41, 5.74) is 1.97. The average molecular weight is 357 g/mol. The van der Waals surface area contributed by atoms with Gasteiger partial charge in [0.15, 0.2) is 14.4 Å². The molecule has 0 aliphatic carbocycles. The summed E-state index contributed by atoms with van der Waals surface area (Å²) in [6, 6.07) is 17.0. The molecule has 0 bridgehead atoms. The highest BCUT2D eigenvalue weighted by Crippen LogP contribution is 2.40. The normalized spacial score (nSPS) is 13.4. The molecule has 4 heteroatoms. The second-order valence-electron chi connectivity index (χ2n) is 7.90. The molecular formula is C21H28O3Si. The lowest BCUT2D eigenvalue weighted by atomic mass is 10.1. The molecule has 0 aliphatic heterocycles. The summed E-state index contributed by atoms with van der Waals surface area (Å²) in [7, 11) is -2.15. The first-order chi connectivity index (χ1) is 11.6. The van der Waals surface area contributed by atoms with E-state index in [4.69, 9.17) is 9.16 Å². The number of rotatable bonds is 5. The number of para-hydroxylation sites is 1. The number of esters is 1. The molecule has 0 saturated heterocycles. The fraction of sp³-hybridized carbons (Fsp3) is 0.381. The van der Waals surface area contributed by atoms with Gasteiger partial charge in [0.2, 0.25) is 0 Å². The predicted octanol–water partition coefficient (Wildman–Crippen LogP) is 5.66. The Bertz CT molecular complexity index is 700. The van der Waals surface area contributed by atoms with Crippen molar-refractivity contribution in [3.05, 3.63) is 65.7 Å². The summed E-state index contributed by atoms with van der Waals surface area (Å²) in [6.07, 6.45) is -0.721. The standard InChI is InChI=1S/C21H28O3Si/c1-16-12-14-17(15-13-16)19(24-25(5,6)21(2,3)4)20(22)23-18-10-8-7-9-11-18/h7-15,19H,1-6H3. The second kappa shape index (κ2) is 7.54. The Labute approximate surface area is 152 Å². The van der Waals surface area contributed by atoms with E-state index in [0.717, 1.165) is 11.1 Å². The summed E-state index contributed by atoms with van der Waals surface area (Å²) in [5, 5.41) is 0.00295. The van der Waals surface area contributed by atoms with Crippen molar-refractivity contribution in [3.8, 4) is 5.75 Å². The molecule has 0 aromatic heterocycles. The zero-order chi connectivity index (χ0) is 18.7. The third-order valence-electron chi connectivity index (χ3n) is 4.77. The number of aryl methyl sites for hydroxylation is 1. The van der Waals surface area contributed by atoms with E-state index < -0.39 is 14.4 Å². The van der Waals surface area contributed by atoms with Gasteiger partial charge in [-0.25, -0.2) is 4.79 Å². The molecule has 1 atom stereocenters. The van der Waals surface area contributed by atoms with Crippen molar-refractivity contribution in [2.24, 2.45) is 0 Å². The Hall–Kier alpha value is -1.91. The molecule has 25 heavy (non-hydrogen) atoms. The minimum Gasteiger partial charge on any atom is -0.424 e. The number of carbonyl (C=O) groups is 1. The van der Waals surface area contributed by atoms with E-state index in [1.807, 2.05) is 49.4 Å². The molecule has 134 valence electrons. The van der Waals surface area contributed by atoms with Crippen LogP contribution in [-0.4, -0.2) is 14.3 Å². The molecule has 0 amide bonds. The molecule has 0 saturated carbocycles. The fourth-order valence-electron chi connectivity index (χ4n) is 2.12. The molecule has 0 fully saturated rings. The van der Waals surface area contributed by atoms with Crippen molar-refractivity contribution >= 4 is 14.3 Å². The van der Waals surface area contributed by atoms with Gasteiger partial charge >= 0.3 is 5.97 Å². The highest BCUT2D eigenvalue weighted by Gasteiger charge is 2.41. The van der Waals surface area contributed by atoms with Gasteiger partial charge in [-0.15, -0.1) is 0 Å². The van der Waals surface area contributed by atoms with Crippen LogP contribution in [0.1, 0.15) is 38.0 Å². The van der Waals surface area contributed by atoms with Crippen LogP contribution in [0.3, 0.4) is 0 Å².